The van der Waals surface area contributed by atoms with E-state index in [0.717, 1.165) is 76.4 Å². The molecule has 286 valence electrons. The Morgan fingerprint density at radius 1 is 0.579 bits per heavy atom. The minimum Gasteiger partial charge on any atom is -0.369 e. The minimum absolute atomic E-state index is 0.0367. The number of hydrogen-bond donors (Lipinski definition) is 0. The van der Waals surface area contributed by atoms with Crippen LogP contribution in [0.4, 0.5) is 5.69 Å². The molecule has 5 heterocycles. The summed E-state index contributed by atoms with van der Waals surface area (Å²) in [5.41, 5.74) is 10.9. The second-order valence-corrected chi connectivity index (χ2v) is 15.3. The van der Waals surface area contributed by atoms with E-state index in [0.29, 0.717) is 42.3 Å². The molecule has 0 spiro atoms. The van der Waals surface area contributed by atoms with Crippen molar-refractivity contribution in [2.45, 2.75) is 33.5 Å². The van der Waals surface area contributed by atoms with Gasteiger partial charge < -0.3 is 23.5 Å². The molecule has 1 aliphatic heterocycles. The first-order valence-corrected chi connectivity index (χ1v) is 19.5. The number of piperazine rings is 1. The predicted molar refractivity (Wildman–Crippen MR) is 227 cm³/mol. The van der Waals surface area contributed by atoms with Gasteiger partial charge in [-0.2, -0.15) is 5.10 Å². The van der Waals surface area contributed by atoms with Gasteiger partial charge in [0.1, 0.15) is 11.5 Å². The highest BCUT2D eigenvalue weighted by Crippen LogP contribution is 2.30. The highest BCUT2D eigenvalue weighted by Gasteiger charge is 2.21. The summed E-state index contributed by atoms with van der Waals surface area (Å²) in [7, 11) is 3.84. The molecule has 4 aromatic heterocycles. The van der Waals surface area contributed by atoms with Crippen LogP contribution in [0.25, 0.3) is 45.0 Å². The highest BCUT2D eigenvalue weighted by molar-refractivity contribution is 5.84. The van der Waals surface area contributed by atoms with Crippen LogP contribution in [0.2, 0.25) is 0 Å². The van der Waals surface area contributed by atoms with Crippen LogP contribution in [0, 0.1) is 13.8 Å². The maximum Gasteiger partial charge on any atom is 0.269 e. The van der Waals surface area contributed by atoms with Gasteiger partial charge in [-0.1, -0.05) is 66.7 Å². The van der Waals surface area contributed by atoms with E-state index >= 15 is 0 Å². The molecule has 57 heavy (non-hydrogen) atoms. The smallest absolute Gasteiger partial charge is 0.269 e. The Balaban J connectivity index is 1.08. The Bertz CT molecular complexity index is 2870. The monoisotopic (exact) mass is 755 g/mol. The summed E-state index contributed by atoms with van der Waals surface area (Å²) in [4.78, 5) is 41.3. The van der Waals surface area contributed by atoms with Gasteiger partial charge in [0, 0.05) is 74.9 Å². The Kier molecular flexibility index (Phi) is 9.38. The highest BCUT2D eigenvalue weighted by atomic mass is 16.1. The maximum atomic E-state index is 13.7. The molecule has 0 bridgehead atoms. The molecule has 1 aliphatic rings. The van der Waals surface area contributed by atoms with Crippen molar-refractivity contribution >= 4 is 27.8 Å². The van der Waals surface area contributed by atoms with E-state index in [2.05, 4.69) is 104 Å². The summed E-state index contributed by atoms with van der Waals surface area (Å²) >= 11 is 0. The van der Waals surface area contributed by atoms with E-state index in [9.17, 15) is 9.59 Å². The van der Waals surface area contributed by atoms with Crippen molar-refractivity contribution in [3.05, 3.63) is 164 Å². The normalized spacial score (nSPS) is 13.6. The molecule has 11 nitrogen and oxygen atoms in total. The van der Waals surface area contributed by atoms with Crippen LogP contribution < -0.4 is 16.0 Å². The van der Waals surface area contributed by atoms with Crippen LogP contribution in [-0.2, 0) is 26.7 Å². The molecule has 0 saturated carbocycles. The van der Waals surface area contributed by atoms with E-state index in [1.54, 1.807) is 11.6 Å². The molecule has 0 aliphatic carbocycles. The van der Waals surface area contributed by atoms with Gasteiger partial charge in [-0.3, -0.25) is 9.59 Å². The fourth-order valence-corrected chi connectivity index (χ4v) is 8.05. The zero-order valence-corrected chi connectivity index (χ0v) is 32.8. The van der Waals surface area contributed by atoms with Gasteiger partial charge in [0.2, 0.25) is 0 Å². The third-order valence-electron chi connectivity index (χ3n) is 11.1. The number of rotatable bonds is 9. The van der Waals surface area contributed by atoms with Gasteiger partial charge in [-0.05, 0) is 80.1 Å². The zero-order valence-electron chi connectivity index (χ0n) is 32.8. The van der Waals surface area contributed by atoms with Crippen LogP contribution in [0.15, 0.2) is 125 Å². The lowest BCUT2D eigenvalue weighted by molar-refractivity contribution is 0.313. The van der Waals surface area contributed by atoms with Crippen molar-refractivity contribution in [1.82, 2.24) is 38.3 Å². The van der Waals surface area contributed by atoms with E-state index in [1.807, 2.05) is 56.4 Å². The van der Waals surface area contributed by atoms with Crippen molar-refractivity contribution in [1.29, 1.82) is 0 Å². The number of anilines is 1. The van der Waals surface area contributed by atoms with Gasteiger partial charge in [-0.25, -0.2) is 14.6 Å². The van der Waals surface area contributed by atoms with E-state index in [4.69, 9.17) is 9.97 Å². The van der Waals surface area contributed by atoms with Crippen molar-refractivity contribution in [3.8, 4) is 22.9 Å². The number of hydrogen-bond acceptors (Lipinski definition) is 7. The van der Waals surface area contributed by atoms with Crippen LogP contribution in [0.1, 0.15) is 27.8 Å². The Morgan fingerprint density at radius 3 is 2.02 bits per heavy atom. The summed E-state index contributed by atoms with van der Waals surface area (Å²) < 4.78 is 7.62. The summed E-state index contributed by atoms with van der Waals surface area (Å²) in [6.07, 6.45) is 1.94. The molecule has 1 fully saturated rings. The summed E-state index contributed by atoms with van der Waals surface area (Å²) in [5.74, 6) is 1.52. The fourth-order valence-electron chi connectivity index (χ4n) is 8.05. The zero-order chi connectivity index (χ0) is 39.2. The Hall–Kier alpha value is -6.59. The number of nitrogens with zero attached hydrogens (tertiary/aromatic N) is 9. The van der Waals surface area contributed by atoms with Crippen LogP contribution in [0.5, 0.6) is 0 Å². The third kappa shape index (κ3) is 7.06. The molecule has 0 N–H and O–H groups in total. The SMILES string of the molecule is Cc1cc(-c2nc3ccccc3n2Cc2ccccc2)cn(Cc2cccc(Cn3c(-c4cc(C)c(=O)n(C)n4)nc4ccc(N5CCN(C)CC5)cc43)c2)c1=O. The summed E-state index contributed by atoms with van der Waals surface area (Å²) in [6, 6.07) is 37.2. The van der Waals surface area contributed by atoms with Crippen molar-refractivity contribution in [2.75, 3.05) is 38.1 Å². The van der Waals surface area contributed by atoms with E-state index in [1.165, 1.54) is 10.2 Å². The van der Waals surface area contributed by atoms with Crippen LogP contribution in [-0.4, -0.2) is 71.6 Å². The average molecular weight is 756 g/mol. The molecule has 0 unspecified atom stereocenters. The molecule has 11 heteroatoms. The van der Waals surface area contributed by atoms with E-state index in [-0.39, 0.29) is 11.1 Å². The average Bonchev–Trinajstić information content (AvgIpc) is 3.77. The predicted octanol–water partition coefficient (Wildman–Crippen LogP) is 6.49. The van der Waals surface area contributed by atoms with E-state index < -0.39 is 0 Å². The lowest BCUT2D eigenvalue weighted by atomic mass is 10.1. The first kappa shape index (κ1) is 36.1. The van der Waals surface area contributed by atoms with Crippen molar-refractivity contribution in [3.63, 3.8) is 0 Å². The fraction of sp³-hybridized carbons (Fsp3) is 0.239. The largest absolute Gasteiger partial charge is 0.369 e. The molecular weight excluding hydrogens is 711 g/mol. The number of aromatic nitrogens is 7. The first-order valence-electron chi connectivity index (χ1n) is 19.5. The molecule has 1 saturated heterocycles. The molecule has 4 aromatic carbocycles. The summed E-state index contributed by atoms with van der Waals surface area (Å²) in [6.45, 7) is 9.20. The third-order valence-corrected chi connectivity index (χ3v) is 11.1. The van der Waals surface area contributed by atoms with Gasteiger partial charge in [0.15, 0.2) is 5.82 Å². The lowest BCUT2D eigenvalue weighted by Gasteiger charge is -2.34. The van der Waals surface area contributed by atoms with Crippen molar-refractivity contribution < 1.29 is 0 Å². The number of fused-ring (bicyclic) bond motifs is 2. The topological polar surface area (TPSA) is 99.0 Å². The number of aryl methyl sites for hydroxylation is 3. The van der Waals surface area contributed by atoms with Crippen molar-refractivity contribution in [2.24, 2.45) is 7.05 Å². The number of likely N-dealkylation sites (N-methyl/N-ethyl adjacent to an activating group) is 1. The summed E-state index contributed by atoms with van der Waals surface area (Å²) in [5, 5.41) is 4.65. The quantitative estimate of drug-likeness (QED) is 0.166. The van der Waals surface area contributed by atoms with Gasteiger partial charge in [-0.15, -0.1) is 0 Å². The van der Waals surface area contributed by atoms with Crippen LogP contribution in [0.3, 0.4) is 0 Å². The number of pyridine rings is 1. The second kappa shape index (κ2) is 14.8. The lowest BCUT2D eigenvalue weighted by Crippen LogP contribution is -2.44. The first-order chi connectivity index (χ1) is 27.7. The molecule has 8 aromatic rings. The number of imidazole rings is 2. The number of benzene rings is 4. The second-order valence-electron chi connectivity index (χ2n) is 15.3. The van der Waals surface area contributed by atoms with Gasteiger partial charge in [0.05, 0.1) is 28.6 Å². The molecule has 9 rings (SSSR count). The molecule has 0 atom stereocenters. The Labute approximate surface area is 330 Å². The Morgan fingerprint density at radius 2 is 1.23 bits per heavy atom. The molecule has 0 amide bonds. The van der Waals surface area contributed by atoms with Crippen LogP contribution >= 0.6 is 0 Å². The van der Waals surface area contributed by atoms with Gasteiger partial charge in [0.25, 0.3) is 11.1 Å². The minimum atomic E-state index is -0.130. The molecular formula is C46H45N9O2. The standard InChI is InChI=1S/C46H45N9O2/c1-31-23-36(43-47-38-15-8-9-16-41(38)54(43)28-33-11-6-5-7-12-33)30-53(46(31)57)27-34-13-10-14-35(25-34)29-55-42-26-37(52-21-19-50(3)20-22-52)17-18-39(42)48-44(55)40-24-32(2)45(56)51(4)49-40/h5-18,23-26,30H,19-22,27-29H2,1-4H3. The van der Waals surface area contributed by atoms with Gasteiger partial charge >= 0.3 is 0 Å². The number of para-hydroxylation sites is 2. The maximum absolute atomic E-state index is 13.7. The molecule has 0 radical (unpaired) electrons.